The standard InChI is InChI=1S/C43H47N7O3S/c1-27-26-44-40-39-34-9-11-35(46-36(34)12-13-37(39)54-41(40)43(53)45-27)31-4-2-3-30(25-31)28-15-17-48(18-16-28)19-20-49-21-23-50(24-22-49)32-7-5-29(6-8-32)33-10-14-38(51)47-42(33)52/h2-9,11-13,25,27-28,33,44H,10,14-24,26H2,1H3,(H,45,53)(H,47,51,52)/t27-,33?/m1/s1. The number of likely N-dealkylation sites (tertiary alicyclic amines) is 1. The molecular weight excluding hydrogens is 695 g/mol. The molecule has 2 aromatic heterocycles. The van der Waals surface area contributed by atoms with Gasteiger partial charge in [0.2, 0.25) is 11.8 Å². The van der Waals surface area contributed by atoms with Crippen LogP contribution in [0, 0.1) is 0 Å². The highest BCUT2D eigenvalue weighted by molar-refractivity contribution is 7.21. The molecule has 278 valence electrons. The Balaban J connectivity index is 0.776. The molecule has 0 radical (unpaired) electrons. The predicted molar refractivity (Wildman–Crippen MR) is 217 cm³/mol. The molecule has 4 aliphatic rings. The van der Waals surface area contributed by atoms with Crippen LogP contribution in [0.5, 0.6) is 0 Å². The Kier molecular flexibility index (Phi) is 9.54. The molecule has 0 aliphatic carbocycles. The molecule has 4 aliphatic heterocycles. The largest absolute Gasteiger partial charge is 0.381 e. The smallest absolute Gasteiger partial charge is 0.263 e. The highest BCUT2D eigenvalue weighted by Crippen LogP contribution is 2.41. The number of piperazine rings is 1. The van der Waals surface area contributed by atoms with Crippen LogP contribution < -0.4 is 20.9 Å². The van der Waals surface area contributed by atoms with E-state index >= 15 is 0 Å². The van der Waals surface area contributed by atoms with E-state index in [0.717, 1.165) is 114 Å². The lowest BCUT2D eigenvalue weighted by atomic mass is 9.88. The number of rotatable bonds is 7. The van der Waals surface area contributed by atoms with Crippen LogP contribution >= 0.6 is 11.3 Å². The zero-order valence-corrected chi connectivity index (χ0v) is 31.6. The van der Waals surface area contributed by atoms with Gasteiger partial charge >= 0.3 is 0 Å². The number of imide groups is 1. The SMILES string of the molecule is C[C@@H]1CNc2c(sc3ccc4nc(-c5cccc(C6CCN(CCN7CCN(c8ccc(C9CCC(=O)NC9=O)cc8)CC7)CC6)c5)ccc4c23)C(=O)N1. The zero-order chi connectivity index (χ0) is 36.8. The van der Waals surface area contributed by atoms with E-state index in [4.69, 9.17) is 4.98 Å². The Hall–Kier alpha value is -4.84. The molecule has 3 fully saturated rings. The summed E-state index contributed by atoms with van der Waals surface area (Å²) in [7, 11) is 0. The normalized spacial score (nSPS) is 21.8. The summed E-state index contributed by atoms with van der Waals surface area (Å²) in [5, 5.41) is 11.3. The van der Waals surface area contributed by atoms with Gasteiger partial charge in [0.15, 0.2) is 0 Å². The molecule has 11 heteroatoms. The number of nitrogens with one attached hydrogen (secondary N) is 3. The fraction of sp³-hybridized carbons (Fsp3) is 0.395. The van der Waals surface area contributed by atoms with Gasteiger partial charge in [0.05, 0.1) is 22.8 Å². The maximum atomic E-state index is 12.9. The molecule has 3 aromatic carbocycles. The van der Waals surface area contributed by atoms with Gasteiger partial charge in [-0.1, -0.05) is 30.3 Å². The van der Waals surface area contributed by atoms with E-state index in [1.54, 1.807) is 11.3 Å². The third-order valence-electron chi connectivity index (χ3n) is 11.9. The molecule has 3 saturated heterocycles. The molecule has 3 N–H and O–H groups in total. The van der Waals surface area contributed by atoms with Gasteiger partial charge in [0, 0.05) is 85.0 Å². The number of carbonyl (C=O) groups is 3. The van der Waals surface area contributed by atoms with Crippen molar-refractivity contribution in [3.8, 4) is 11.3 Å². The van der Waals surface area contributed by atoms with Gasteiger partial charge in [0.1, 0.15) is 4.88 Å². The maximum Gasteiger partial charge on any atom is 0.263 e. The van der Waals surface area contributed by atoms with Crippen molar-refractivity contribution in [2.24, 2.45) is 0 Å². The van der Waals surface area contributed by atoms with Crippen molar-refractivity contribution < 1.29 is 14.4 Å². The molecule has 54 heavy (non-hydrogen) atoms. The Labute approximate surface area is 319 Å². The van der Waals surface area contributed by atoms with Gasteiger partial charge in [-0.15, -0.1) is 11.3 Å². The summed E-state index contributed by atoms with van der Waals surface area (Å²) >= 11 is 1.54. The second kappa shape index (κ2) is 14.8. The van der Waals surface area contributed by atoms with Crippen LogP contribution in [0.25, 0.3) is 32.2 Å². The van der Waals surface area contributed by atoms with Crippen LogP contribution in [0.15, 0.2) is 72.8 Å². The number of hydrogen-bond donors (Lipinski definition) is 3. The number of pyridine rings is 1. The summed E-state index contributed by atoms with van der Waals surface area (Å²) in [5.41, 5.74) is 7.59. The van der Waals surface area contributed by atoms with Crippen molar-refractivity contribution in [1.82, 2.24) is 25.4 Å². The van der Waals surface area contributed by atoms with Gasteiger partial charge in [-0.3, -0.25) is 24.6 Å². The van der Waals surface area contributed by atoms with Gasteiger partial charge in [-0.05, 0) is 98.8 Å². The summed E-state index contributed by atoms with van der Waals surface area (Å²) in [6, 6.07) is 25.9. The number of carbonyl (C=O) groups excluding carboxylic acids is 3. The predicted octanol–water partition coefficient (Wildman–Crippen LogP) is 6.18. The van der Waals surface area contributed by atoms with Crippen LogP contribution in [0.1, 0.15) is 65.2 Å². The topological polar surface area (TPSA) is 110 Å². The summed E-state index contributed by atoms with van der Waals surface area (Å²) < 4.78 is 1.10. The van der Waals surface area contributed by atoms with Crippen LogP contribution in [-0.4, -0.2) is 97.4 Å². The first kappa shape index (κ1) is 34.9. The van der Waals surface area contributed by atoms with E-state index in [-0.39, 0.29) is 29.7 Å². The summed E-state index contributed by atoms with van der Waals surface area (Å²) in [5.74, 6) is -0.0427. The lowest BCUT2D eigenvalue weighted by Crippen LogP contribution is -2.49. The minimum Gasteiger partial charge on any atom is -0.381 e. The lowest BCUT2D eigenvalue weighted by Gasteiger charge is -2.38. The summed E-state index contributed by atoms with van der Waals surface area (Å²) in [6.45, 7) is 11.3. The number of fused-ring (bicyclic) bond motifs is 5. The Morgan fingerprint density at radius 1 is 0.815 bits per heavy atom. The van der Waals surface area contributed by atoms with E-state index in [1.165, 1.54) is 11.3 Å². The number of amides is 3. The fourth-order valence-corrected chi connectivity index (χ4v) is 9.87. The van der Waals surface area contributed by atoms with Gasteiger partial charge in [0.25, 0.3) is 5.91 Å². The van der Waals surface area contributed by atoms with E-state index in [1.807, 2.05) is 6.92 Å². The van der Waals surface area contributed by atoms with Gasteiger partial charge in [-0.25, -0.2) is 4.98 Å². The Bertz CT molecular complexity index is 2220. The first-order valence-corrected chi connectivity index (χ1v) is 20.3. The molecule has 6 heterocycles. The number of anilines is 2. The summed E-state index contributed by atoms with van der Waals surface area (Å²) in [4.78, 5) is 50.2. The molecule has 0 saturated carbocycles. The minimum absolute atomic E-state index is 0.00615. The molecule has 9 rings (SSSR count). The number of hydrogen-bond acceptors (Lipinski definition) is 9. The number of aromatic nitrogens is 1. The van der Waals surface area contributed by atoms with Crippen LogP contribution in [-0.2, 0) is 9.59 Å². The molecule has 10 nitrogen and oxygen atoms in total. The molecule has 3 amide bonds. The third kappa shape index (κ3) is 6.96. The van der Waals surface area contributed by atoms with E-state index in [2.05, 4.69) is 103 Å². The quantitative estimate of drug-likeness (QED) is 0.170. The molecule has 1 unspecified atom stereocenters. The van der Waals surface area contributed by atoms with Crippen LogP contribution in [0.3, 0.4) is 0 Å². The minimum atomic E-state index is -0.234. The average Bonchev–Trinajstić information content (AvgIpc) is 3.52. The highest BCUT2D eigenvalue weighted by Gasteiger charge is 2.29. The number of thiophene rings is 1. The van der Waals surface area contributed by atoms with Crippen LogP contribution in [0.4, 0.5) is 11.4 Å². The fourth-order valence-electron chi connectivity index (χ4n) is 8.77. The first-order valence-electron chi connectivity index (χ1n) is 19.5. The van der Waals surface area contributed by atoms with Gasteiger partial charge in [-0.2, -0.15) is 0 Å². The number of piperidine rings is 2. The van der Waals surface area contributed by atoms with Crippen molar-refractivity contribution >= 4 is 61.4 Å². The van der Waals surface area contributed by atoms with E-state index in [9.17, 15) is 14.4 Å². The average molecular weight is 742 g/mol. The van der Waals surface area contributed by atoms with Crippen molar-refractivity contribution in [2.75, 3.05) is 69.1 Å². The number of benzene rings is 3. The van der Waals surface area contributed by atoms with Crippen molar-refractivity contribution in [2.45, 2.75) is 50.5 Å². The van der Waals surface area contributed by atoms with Crippen molar-refractivity contribution in [3.63, 3.8) is 0 Å². The van der Waals surface area contributed by atoms with E-state index in [0.29, 0.717) is 25.3 Å². The van der Waals surface area contributed by atoms with Crippen LogP contribution in [0.2, 0.25) is 0 Å². The van der Waals surface area contributed by atoms with Crippen molar-refractivity contribution in [3.05, 3.63) is 88.8 Å². The second-order valence-corrected chi connectivity index (χ2v) is 16.5. The lowest BCUT2D eigenvalue weighted by molar-refractivity contribution is -0.134. The number of nitrogens with zero attached hydrogens (tertiary/aromatic N) is 4. The summed E-state index contributed by atoms with van der Waals surface area (Å²) in [6.07, 6.45) is 3.32. The Morgan fingerprint density at radius 3 is 2.37 bits per heavy atom. The monoisotopic (exact) mass is 741 g/mol. The molecule has 5 aromatic rings. The molecule has 0 bridgehead atoms. The van der Waals surface area contributed by atoms with E-state index < -0.39 is 0 Å². The maximum absolute atomic E-state index is 12.9. The van der Waals surface area contributed by atoms with Gasteiger partial charge < -0.3 is 20.4 Å². The third-order valence-corrected chi connectivity index (χ3v) is 13.1. The second-order valence-electron chi connectivity index (χ2n) is 15.4. The zero-order valence-electron chi connectivity index (χ0n) is 30.8. The first-order chi connectivity index (χ1) is 26.4. The highest BCUT2D eigenvalue weighted by atomic mass is 32.1. The molecule has 2 atom stereocenters. The molecular formula is C43H47N7O3S. The molecule has 0 spiro atoms. The Morgan fingerprint density at radius 2 is 1.59 bits per heavy atom. The van der Waals surface area contributed by atoms with Crippen molar-refractivity contribution in [1.29, 1.82) is 0 Å².